The molecule has 1 atom stereocenters. The van der Waals surface area contributed by atoms with Crippen LogP contribution in [0.2, 0.25) is 0 Å². The molecule has 0 fully saturated rings. The van der Waals surface area contributed by atoms with Crippen molar-refractivity contribution in [2.75, 3.05) is 0 Å². The van der Waals surface area contributed by atoms with Crippen molar-refractivity contribution in [1.29, 1.82) is 0 Å². The summed E-state index contributed by atoms with van der Waals surface area (Å²) < 4.78 is 0. The van der Waals surface area contributed by atoms with Crippen LogP contribution in [-0.4, -0.2) is 10.9 Å². The highest BCUT2D eigenvalue weighted by atomic mass is 16.3. The number of Topliss-reactive ketones (excluding diaryl/α,β-unsaturated/α-hetero) is 1. The highest BCUT2D eigenvalue weighted by Gasteiger charge is 2.32. The summed E-state index contributed by atoms with van der Waals surface area (Å²) in [6.45, 7) is 0. The van der Waals surface area contributed by atoms with Gasteiger partial charge in [-0.15, -0.1) is 0 Å². The Hall–Kier alpha value is -2.61. The molecule has 2 heteroatoms. The number of fused-ring (bicyclic) bond motifs is 2. The lowest BCUT2D eigenvalue weighted by molar-refractivity contribution is 0.0991. The third-order valence-electron chi connectivity index (χ3n) is 4.32. The molecule has 0 bridgehead atoms. The molecule has 0 spiro atoms. The predicted molar refractivity (Wildman–Crippen MR) is 82.8 cm³/mol. The van der Waals surface area contributed by atoms with Gasteiger partial charge < -0.3 is 5.11 Å². The van der Waals surface area contributed by atoms with Crippen molar-refractivity contribution in [2.24, 2.45) is 0 Å². The fourth-order valence-electron chi connectivity index (χ4n) is 3.37. The van der Waals surface area contributed by atoms with Crippen molar-refractivity contribution < 1.29 is 9.90 Å². The summed E-state index contributed by atoms with van der Waals surface area (Å²) in [5, 5.41) is 12.5. The van der Waals surface area contributed by atoms with Gasteiger partial charge in [0.2, 0.25) is 0 Å². The van der Waals surface area contributed by atoms with Gasteiger partial charge in [-0.3, -0.25) is 4.79 Å². The number of hydrogen-bond donors (Lipinski definition) is 1. The van der Waals surface area contributed by atoms with E-state index in [2.05, 4.69) is 0 Å². The molecule has 102 valence electrons. The van der Waals surface area contributed by atoms with Crippen LogP contribution in [0.4, 0.5) is 0 Å². The maximum absolute atomic E-state index is 12.2. The Morgan fingerprint density at radius 1 is 0.905 bits per heavy atom. The van der Waals surface area contributed by atoms with Gasteiger partial charge in [-0.1, -0.05) is 54.6 Å². The minimum absolute atomic E-state index is 0.0557. The lowest BCUT2D eigenvalue weighted by Crippen LogP contribution is -1.99. The molecule has 2 nitrogen and oxygen atoms in total. The summed E-state index contributed by atoms with van der Waals surface area (Å²) in [6, 6.07) is 19.3. The van der Waals surface area contributed by atoms with Gasteiger partial charge >= 0.3 is 0 Å². The van der Waals surface area contributed by atoms with E-state index in [0.29, 0.717) is 6.42 Å². The zero-order valence-corrected chi connectivity index (χ0v) is 11.4. The zero-order valence-electron chi connectivity index (χ0n) is 11.4. The predicted octanol–water partition coefficient (Wildman–Crippen LogP) is 4.26. The summed E-state index contributed by atoms with van der Waals surface area (Å²) in [4.78, 5) is 12.2. The van der Waals surface area contributed by atoms with Gasteiger partial charge in [-0.25, -0.2) is 0 Å². The monoisotopic (exact) mass is 274 g/mol. The molecule has 3 aromatic carbocycles. The summed E-state index contributed by atoms with van der Waals surface area (Å²) in [6.07, 6.45) is 0.431. The second kappa shape index (κ2) is 4.45. The molecular formula is C19H14O2. The van der Waals surface area contributed by atoms with E-state index in [4.69, 9.17) is 0 Å². The van der Waals surface area contributed by atoms with Gasteiger partial charge in [-0.2, -0.15) is 0 Å². The van der Waals surface area contributed by atoms with Gasteiger partial charge in [-0.05, 0) is 22.4 Å². The highest BCUT2D eigenvalue weighted by Crippen LogP contribution is 2.44. The Labute approximate surface area is 122 Å². The minimum Gasteiger partial charge on any atom is -0.508 e. The number of ketones is 1. The van der Waals surface area contributed by atoms with E-state index in [1.807, 2.05) is 54.6 Å². The van der Waals surface area contributed by atoms with Gasteiger partial charge in [0, 0.05) is 23.5 Å². The SMILES string of the molecule is O=C1C[C@@H](c2c(O)ccc3ccccc23)c2ccccc21. The van der Waals surface area contributed by atoms with Gasteiger partial charge in [0.1, 0.15) is 5.75 Å². The van der Waals surface area contributed by atoms with Crippen molar-refractivity contribution in [3.05, 3.63) is 77.4 Å². The van der Waals surface area contributed by atoms with E-state index in [0.717, 1.165) is 27.5 Å². The minimum atomic E-state index is -0.0557. The first-order valence-corrected chi connectivity index (χ1v) is 7.08. The first kappa shape index (κ1) is 12.2. The second-order valence-electron chi connectivity index (χ2n) is 5.49. The van der Waals surface area contributed by atoms with E-state index in [9.17, 15) is 9.90 Å². The van der Waals surface area contributed by atoms with E-state index in [1.54, 1.807) is 6.07 Å². The van der Waals surface area contributed by atoms with Crippen molar-refractivity contribution >= 4 is 16.6 Å². The molecule has 1 N–H and O–H groups in total. The molecular weight excluding hydrogens is 260 g/mol. The summed E-state index contributed by atoms with van der Waals surface area (Å²) >= 11 is 0. The Morgan fingerprint density at radius 3 is 2.57 bits per heavy atom. The summed E-state index contributed by atoms with van der Waals surface area (Å²) in [7, 11) is 0. The number of carbonyl (C=O) groups is 1. The number of hydrogen-bond acceptors (Lipinski definition) is 2. The normalized spacial score (nSPS) is 17.1. The third-order valence-corrected chi connectivity index (χ3v) is 4.32. The molecule has 0 aromatic heterocycles. The maximum atomic E-state index is 12.2. The van der Waals surface area contributed by atoms with E-state index in [1.165, 1.54) is 0 Å². The average Bonchev–Trinajstić information content (AvgIpc) is 2.85. The molecule has 21 heavy (non-hydrogen) atoms. The Morgan fingerprint density at radius 2 is 1.67 bits per heavy atom. The van der Waals surface area contributed by atoms with Crippen LogP contribution in [0.3, 0.4) is 0 Å². The molecule has 0 amide bonds. The quantitative estimate of drug-likeness (QED) is 0.719. The Bertz CT molecular complexity index is 864. The number of phenolic OH excluding ortho intramolecular Hbond substituents is 1. The molecule has 4 rings (SSSR count). The van der Waals surface area contributed by atoms with Crippen LogP contribution in [-0.2, 0) is 0 Å². The number of phenols is 1. The molecule has 0 heterocycles. The zero-order chi connectivity index (χ0) is 14.4. The van der Waals surface area contributed by atoms with Crippen molar-refractivity contribution in [3.63, 3.8) is 0 Å². The largest absolute Gasteiger partial charge is 0.508 e. The van der Waals surface area contributed by atoms with Crippen LogP contribution in [0, 0.1) is 0 Å². The van der Waals surface area contributed by atoms with Gasteiger partial charge in [0.15, 0.2) is 5.78 Å². The molecule has 0 saturated carbocycles. The molecule has 1 aliphatic rings. The molecule has 3 aromatic rings. The molecule has 1 aliphatic carbocycles. The maximum Gasteiger partial charge on any atom is 0.164 e. The van der Waals surface area contributed by atoms with Crippen molar-refractivity contribution in [1.82, 2.24) is 0 Å². The standard InChI is InChI=1S/C19H14O2/c20-17-10-9-12-5-1-2-6-13(12)19(17)16-11-18(21)15-8-4-3-7-14(15)16/h1-10,16,20H,11H2/t16-/m1/s1. The van der Waals surface area contributed by atoms with Crippen molar-refractivity contribution in [3.8, 4) is 5.75 Å². The van der Waals surface area contributed by atoms with E-state index >= 15 is 0 Å². The lowest BCUT2D eigenvalue weighted by Gasteiger charge is -2.16. The number of carbonyl (C=O) groups excluding carboxylic acids is 1. The topological polar surface area (TPSA) is 37.3 Å². The van der Waals surface area contributed by atoms with Crippen molar-refractivity contribution in [2.45, 2.75) is 12.3 Å². The van der Waals surface area contributed by atoms with Crippen LogP contribution in [0.1, 0.15) is 33.8 Å². The van der Waals surface area contributed by atoms with E-state index in [-0.39, 0.29) is 17.5 Å². The smallest absolute Gasteiger partial charge is 0.164 e. The van der Waals surface area contributed by atoms with Crippen LogP contribution < -0.4 is 0 Å². The number of aromatic hydroxyl groups is 1. The number of rotatable bonds is 1. The lowest BCUT2D eigenvalue weighted by atomic mass is 9.88. The fraction of sp³-hybridized carbons (Fsp3) is 0.105. The summed E-state index contributed by atoms with van der Waals surface area (Å²) in [5.41, 5.74) is 2.68. The first-order chi connectivity index (χ1) is 10.3. The summed E-state index contributed by atoms with van der Waals surface area (Å²) in [5.74, 6) is 0.367. The molecule has 0 aliphatic heterocycles. The van der Waals surface area contributed by atoms with Crippen LogP contribution >= 0.6 is 0 Å². The second-order valence-corrected chi connectivity index (χ2v) is 5.49. The molecule has 0 unspecified atom stereocenters. The average molecular weight is 274 g/mol. The van der Waals surface area contributed by atoms with Crippen LogP contribution in [0.25, 0.3) is 10.8 Å². The number of benzene rings is 3. The van der Waals surface area contributed by atoms with E-state index < -0.39 is 0 Å². The highest BCUT2D eigenvalue weighted by molar-refractivity contribution is 6.03. The van der Waals surface area contributed by atoms with Gasteiger partial charge in [0.05, 0.1) is 0 Å². The van der Waals surface area contributed by atoms with Gasteiger partial charge in [0.25, 0.3) is 0 Å². The Balaban J connectivity index is 2.00. The van der Waals surface area contributed by atoms with Crippen LogP contribution in [0.5, 0.6) is 5.75 Å². The Kier molecular flexibility index (Phi) is 2.58. The molecule has 0 radical (unpaired) electrons. The first-order valence-electron chi connectivity index (χ1n) is 7.08. The van der Waals surface area contributed by atoms with Crippen LogP contribution in [0.15, 0.2) is 60.7 Å². The molecule has 0 saturated heterocycles. The fourth-order valence-corrected chi connectivity index (χ4v) is 3.37. The third kappa shape index (κ3) is 1.76.